The predicted molar refractivity (Wildman–Crippen MR) is 74.7 cm³/mol. The van der Waals surface area contributed by atoms with E-state index in [0.717, 1.165) is 23.0 Å². The molecule has 1 amide bonds. The van der Waals surface area contributed by atoms with Crippen LogP contribution in [0.2, 0.25) is 0 Å². The smallest absolute Gasteiger partial charge is 0.258 e. The van der Waals surface area contributed by atoms with E-state index in [1.165, 1.54) is 0 Å². The fourth-order valence-electron chi connectivity index (χ4n) is 1.65. The normalized spacial score (nSPS) is 10.3. The molecule has 1 aromatic carbocycles. The molecule has 18 heavy (non-hydrogen) atoms. The van der Waals surface area contributed by atoms with Crippen molar-refractivity contribution in [1.29, 1.82) is 0 Å². The summed E-state index contributed by atoms with van der Waals surface area (Å²) in [5.74, 6) is 0.385. The Morgan fingerprint density at radius 1 is 1.44 bits per heavy atom. The highest BCUT2D eigenvalue weighted by molar-refractivity contribution is 9.10. The van der Waals surface area contributed by atoms with Crippen LogP contribution in [0.5, 0.6) is 0 Å². The van der Waals surface area contributed by atoms with Crippen LogP contribution in [0.4, 0.5) is 5.82 Å². The van der Waals surface area contributed by atoms with Gasteiger partial charge in [-0.2, -0.15) is 5.10 Å². The van der Waals surface area contributed by atoms with Gasteiger partial charge in [-0.25, -0.2) is 0 Å². The number of carbonyl (C=O) groups is 1. The molecular weight excluding hydrogens is 294 g/mol. The number of carbonyl (C=O) groups excluding carboxylic acids is 1. The minimum atomic E-state index is -0.169. The fourth-order valence-corrected chi connectivity index (χ4v) is 2.12. The molecule has 0 aliphatic rings. The van der Waals surface area contributed by atoms with Gasteiger partial charge >= 0.3 is 0 Å². The number of halogens is 1. The first-order valence-electron chi connectivity index (χ1n) is 5.81. The van der Waals surface area contributed by atoms with Crippen molar-refractivity contribution in [2.45, 2.75) is 19.8 Å². The number of aromatic nitrogens is 2. The van der Waals surface area contributed by atoms with Crippen molar-refractivity contribution in [1.82, 2.24) is 10.2 Å². The van der Waals surface area contributed by atoms with Gasteiger partial charge in [-0.3, -0.25) is 9.89 Å². The van der Waals surface area contributed by atoms with Gasteiger partial charge in [0.05, 0.1) is 5.56 Å². The third kappa shape index (κ3) is 2.98. The first-order valence-corrected chi connectivity index (χ1v) is 6.60. The standard InChI is InChI=1S/C13H14BrN3O/c1-2-5-9-8-12(17-16-9)15-13(18)10-6-3-4-7-11(10)14/h3-4,6-8H,2,5H2,1H3,(H2,15,16,17,18). The van der Waals surface area contributed by atoms with Crippen LogP contribution in [0.1, 0.15) is 29.4 Å². The number of H-pyrrole nitrogens is 1. The lowest BCUT2D eigenvalue weighted by Crippen LogP contribution is -2.12. The van der Waals surface area contributed by atoms with Gasteiger partial charge in [0.25, 0.3) is 5.91 Å². The Labute approximate surface area is 114 Å². The summed E-state index contributed by atoms with van der Waals surface area (Å²) in [4.78, 5) is 12.0. The van der Waals surface area contributed by atoms with Crippen molar-refractivity contribution >= 4 is 27.7 Å². The molecule has 94 valence electrons. The van der Waals surface area contributed by atoms with Gasteiger partial charge < -0.3 is 5.32 Å². The lowest BCUT2D eigenvalue weighted by Gasteiger charge is -2.03. The number of rotatable bonds is 4. The van der Waals surface area contributed by atoms with E-state index in [2.05, 4.69) is 38.4 Å². The largest absolute Gasteiger partial charge is 0.305 e. The Morgan fingerprint density at radius 2 is 2.22 bits per heavy atom. The average molecular weight is 308 g/mol. The summed E-state index contributed by atoms with van der Waals surface area (Å²) in [7, 11) is 0. The zero-order chi connectivity index (χ0) is 13.0. The van der Waals surface area contributed by atoms with E-state index in [9.17, 15) is 4.79 Å². The van der Waals surface area contributed by atoms with Gasteiger partial charge in [0.1, 0.15) is 0 Å². The van der Waals surface area contributed by atoms with E-state index in [1.54, 1.807) is 6.07 Å². The summed E-state index contributed by atoms with van der Waals surface area (Å²) in [6.45, 7) is 2.10. The van der Waals surface area contributed by atoms with Crippen LogP contribution in [0, 0.1) is 0 Å². The molecule has 0 saturated heterocycles. The number of aromatic amines is 1. The van der Waals surface area contributed by atoms with Crippen molar-refractivity contribution in [3.8, 4) is 0 Å². The van der Waals surface area contributed by atoms with Crippen LogP contribution < -0.4 is 5.32 Å². The molecule has 0 atom stereocenters. The Balaban J connectivity index is 2.09. The van der Waals surface area contributed by atoms with Crippen LogP contribution in [0.3, 0.4) is 0 Å². The third-order valence-electron chi connectivity index (χ3n) is 2.51. The molecule has 0 bridgehead atoms. The van der Waals surface area contributed by atoms with Crippen molar-refractivity contribution in [2.75, 3.05) is 5.32 Å². The highest BCUT2D eigenvalue weighted by Crippen LogP contribution is 2.17. The molecule has 4 nitrogen and oxygen atoms in total. The number of hydrogen-bond acceptors (Lipinski definition) is 2. The van der Waals surface area contributed by atoms with E-state index in [-0.39, 0.29) is 5.91 Å². The lowest BCUT2D eigenvalue weighted by atomic mass is 10.2. The number of nitrogens with zero attached hydrogens (tertiary/aromatic N) is 1. The van der Waals surface area contributed by atoms with Crippen LogP contribution in [0.25, 0.3) is 0 Å². The Hall–Kier alpha value is -1.62. The number of aryl methyl sites for hydroxylation is 1. The predicted octanol–water partition coefficient (Wildman–Crippen LogP) is 3.38. The summed E-state index contributed by atoms with van der Waals surface area (Å²) in [6, 6.07) is 9.15. The maximum atomic E-state index is 12.0. The second-order valence-electron chi connectivity index (χ2n) is 3.96. The number of anilines is 1. The molecule has 1 aromatic heterocycles. The van der Waals surface area contributed by atoms with Gasteiger partial charge in [0.15, 0.2) is 5.82 Å². The molecule has 0 spiro atoms. The number of amides is 1. The van der Waals surface area contributed by atoms with Crippen molar-refractivity contribution in [2.24, 2.45) is 0 Å². The lowest BCUT2D eigenvalue weighted by molar-refractivity contribution is 0.102. The minimum Gasteiger partial charge on any atom is -0.305 e. The van der Waals surface area contributed by atoms with E-state index in [1.807, 2.05) is 24.3 Å². The van der Waals surface area contributed by atoms with Crippen LogP contribution >= 0.6 is 15.9 Å². The number of nitrogens with one attached hydrogen (secondary N) is 2. The molecule has 5 heteroatoms. The maximum absolute atomic E-state index is 12.0. The highest BCUT2D eigenvalue weighted by Gasteiger charge is 2.10. The average Bonchev–Trinajstić information content (AvgIpc) is 2.77. The van der Waals surface area contributed by atoms with Crippen molar-refractivity contribution < 1.29 is 4.79 Å². The molecule has 2 N–H and O–H groups in total. The first-order chi connectivity index (χ1) is 8.70. The van der Waals surface area contributed by atoms with Crippen LogP contribution in [-0.4, -0.2) is 16.1 Å². The topological polar surface area (TPSA) is 57.8 Å². The second-order valence-corrected chi connectivity index (χ2v) is 4.82. The molecular formula is C13H14BrN3O. The van der Waals surface area contributed by atoms with Gasteiger partial charge in [-0.05, 0) is 34.5 Å². The molecule has 2 aromatic rings. The molecule has 0 aliphatic carbocycles. The zero-order valence-electron chi connectivity index (χ0n) is 10.0. The van der Waals surface area contributed by atoms with E-state index in [4.69, 9.17) is 0 Å². The third-order valence-corrected chi connectivity index (χ3v) is 3.20. The molecule has 0 saturated carbocycles. The van der Waals surface area contributed by atoms with Gasteiger partial charge in [-0.15, -0.1) is 0 Å². The Morgan fingerprint density at radius 3 is 2.94 bits per heavy atom. The summed E-state index contributed by atoms with van der Waals surface area (Å²) in [5, 5.41) is 9.73. The molecule has 2 rings (SSSR count). The van der Waals surface area contributed by atoms with Gasteiger partial charge in [0.2, 0.25) is 0 Å². The minimum absolute atomic E-state index is 0.169. The molecule has 0 fully saturated rings. The number of hydrogen-bond donors (Lipinski definition) is 2. The van der Waals surface area contributed by atoms with Gasteiger partial charge in [0, 0.05) is 16.2 Å². The van der Waals surface area contributed by atoms with Crippen molar-refractivity contribution in [3.63, 3.8) is 0 Å². The van der Waals surface area contributed by atoms with Crippen LogP contribution in [-0.2, 0) is 6.42 Å². The quantitative estimate of drug-likeness (QED) is 0.909. The van der Waals surface area contributed by atoms with Crippen LogP contribution in [0.15, 0.2) is 34.8 Å². The Bertz CT molecular complexity index is 551. The maximum Gasteiger partial charge on any atom is 0.258 e. The van der Waals surface area contributed by atoms with E-state index in [0.29, 0.717) is 11.4 Å². The van der Waals surface area contributed by atoms with E-state index < -0.39 is 0 Å². The fraction of sp³-hybridized carbons (Fsp3) is 0.231. The summed E-state index contributed by atoms with van der Waals surface area (Å²) < 4.78 is 0.770. The SMILES string of the molecule is CCCc1cc(NC(=O)c2ccccc2Br)n[nH]1. The summed E-state index contributed by atoms with van der Waals surface area (Å²) in [6.07, 6.45) is 1.97. The monoisotopic (exact) mass is 307 g/mol. The van der Waals surface area contributed by atoms with Crippen molar-refractivity contribution in [3.05, 3.63) is 46.1 Å². The zero-order valence-corrected chi connectivity index (χ0v) is 11.6. The highest BCUT2D eigenvalue weighted by atomic mass is 79.9. The van der Waals surface area contributed by atoms with E-state index >= 15 is 0 Å². The molecule has 0 radical (unpaired) electrons. The molecule has 1 heterocycles. The summed E-state index contributed by atoms with van der Waals surface area (Å²) >= 11 is 3.35. The first kappa shape index (κ1) is 12.8. The molecule has 0 aliphatic heterocycles. The number of benzene rings is 1. The molecule has 0 unspecified atom stereocenters. The van der Waals surface area contributed by atoms with Gasteiger partial charge in [-0.1, -0.05) is 25.5 Å². The second kappa shape index (κ2) is 5.82. The Kier molecular flexibility index (Phi) is 4.15. The summed E-state index contributed by atoms with van der Waals surface area (Å²) in [5.41, 5.74) is 1.62.